The summed E-state index contributed by atoms with van der Waals surface area (Å²) in [6, 6.07) is 0. The van der Waals surface area contributed by atoms with Gasteiger partial charge in [-0.05, 0) is 18.9 Å². The minimum absolute atomic E-state index is 0.151. The Morgan fingerprint density at radius 1 is 1.38 bits per heavy atom. The van der Waals surface area contributed by atoms with Gasteiger partial charge >= 0.3 is 6.18 Å². The largest absolute Gasteiger partial charge is 0.421 e. The van der Waals surface area contributed by atoms with Crippen molar-refractivity contribution in [3.05, 3.63) is 36.5 Å². The zero-order valence-electron chi connectivity index (χ0n) is 9.51. The van der Waals surface area contributed by atoms with Crippen LogP contribution in [0.5, 0.6) is 0 Å². The highest BCUT2D eigenvalue weighted by atomic mass is 19.4. The SMILES string of the molecule is C=C/C=C\C(=C/C)C(O)(CCC)C(F)(F)F. The summed E-state index contributed by atoms with van der Waals surface area (Å²) in [6.07, 6.45) is 0.469. The number of halogens is 3. The van der Waals surface area contributed by atoms with Gasteiger partial charge in [0.15, 0.2) is 5.60 Å². The fourth-order valence-electron chi connectivity index (χ4n) is 1.46. The summed E-state index contributed by atoms with van der Waals surface area (Å²) in [5.74, 6) is 0. The van der Waals surface area contributed by atoms with Crippen molar-refractivity contribution in [3.63, 3.8) is 0 Å². The first-order valence-corrected chi connectivity index (χ1v) is 5.08. The molecule has 0 radical (unpaired) electrons. The van der Waals surface area contributed by atoms with E-state index in [1.807, 2.05) is 0 Å². The summed E-state index contributed by atoms with van der Waals surface area (Å²) in [5.41, 5.74) is -2.92. The molecule has 0 aromatic heterocycles. The monoisotopic (exact) mass is 234 g/mol. The molecule has 0 bridgehead atoms. The van der Waals surface area contributed by atoms with Gasteiger partial charge in [-0.1, -0.05) is 44.2 Å². The van der Waals surface area contributed by atoms with Gasteiger partial charge in [0.2, 0.25) is 0 Å². The van der Waals surface area contributed by atoms with Gasteiger partial charge in [0.1, 0.15) is 0 Å². The molecule has 0 amide bonds. The van der Waals surface area contributed by atoms with Crippen LogP contribution >= 0.6 is 0 Å². The first-order chi connectivity index (χ1) is 7.33. The Kier molecular flexibility index (Phi) is 5.51. The highest BCUT2D eigenvalue weighted by Gasteiger charge is 2.54. The molecular formula is C12H17F3O. The van der Waals surface area contributed by atoms with Crippen LogP contribution in [-0.4, -0.2) is 16.9 Å². The maximum Gasteiger partial charge on any atom is 0.421 e. The molecule has 92 valence electrons. The maximum absolute atomic E-state index is 12.8. The van der Waals surface area contributed by atoms with E-state index >= 15 is 0 Å². The van der Waals surface area contributed by atoms with E-state index < -0.39 is 11.8 Å². The van der Waals surface area contributed by atoms with Gasteiger partial charge in [-0.25, -0.2) is 0 Å². The lowest BCUT2D eigenvalue weighted by Gasteiger charge is -2.31. The lowest BCUT2D eigenvalue weighted by molar-refractivity contribution is -0.245. The number of rotatable bonds is 5. The molecule has 4 heteroatoms. The van der Waals surface area contributed by atoms with E-state index in [1.165, 1.54) is 31.2 Å². The van der Waals surface area contributed by atoms with E-state index in [1.54, 1.807) is 6.92 Å². The van der Waals surface area contributed by atoms with Gasteiger partial charge in [-0.15, -0.1) is 0 Å². The van der Waals surface area contributed by atoms with Gasteiger partial charge in [0.25, 0.3) is 0 Å². The van der Waals surface area contributed by atoms with Crippen LogP contribution < -0.4 is 0 Å². The Bertz CT molecular complexity index is 289. The Balaban J connectivity index is 5.32. The Morgan fingerprint density at radius 3 is 2.25 bits per heavy atom. The number of hydrogen-bond acceptors (Lipinski definition) is 1. The highest BCUT2D eigenvalue weighted by molar-refractivity contribution is 5.32. The lowest BCUT2D eigenvalue weighted by Crippen LogP contribution is -2.46. The quantitative estimate of drug-likeness (QED) is 0.718. The van der Waals surface area contributed by atoms with Crippen LogP contribution in [0.25, 0.3) is 0 Å². The molecule has 0 aliphatic heterocycles. The fraction of sp³-hybridized carbons (Fsp3) is 0.500. The number of aliphatic hydroxyl groups is 1. The zero-order chi connectivity index (χ0) is 12.8. The van der Waals surface area contributed by atoms with Crippen LogP contribution in [0.4, 0.5) is 13.2 Å². The summed E-state index contributed by atoms with van der Waals surface area (Å²) in [6.45, 7) is 6.45. The van der Waals surface area contributed by atoms with Gasteiger partial charge < -0.3 is 5.11 Å². The number of alkyl halides is 3. The van der Waals surface area contributed by atoms with Gasteiger partial charge in [-0.3, -0.25) is 0 Å². The normalized spacial score (nSPS) is 17.5. The molecule has 1 atom stereocenters. The predicted octanol–water partition coefficient (Wildman–Crippen LogP) is 3.77. The van der Waals surface area contributed by atoms with Gasteiger partial charge in [0, 0.05) is 0 Å². The second kappa shape index (κ2) is 5.89. The molecule has 0 aliphatic carbocycles. The summed E-state index contributed by atoms with van der Waals surface area (Å²) in [7, 11) is 0. The molecule has 0 aliphatic rings. The average Bonchev–Trinajstić information content (AvgIpc) is 2.17. The standard InChI is InChI=1S/C12H17F3O/c1-4-7-8-10(6-3)11(16,9-5-2)12(13,14)15/h4,6-8,16H,1,5,9H2,2-3H3/b8-7-,10-6+. The van der Waals surface area contributed by atoms with Gasteiger partial charge in [0.05, 0.1) is 0 Å². The molecule has 0 rings (SSSR count). The Morgan fingerprint density at radius 2 is 1.94 bits per heavy atom. The van der Waals surface area contributed by atoms with E-state index in [9.17, 15) is 18.3 Å². The van der Waals surface area contributed by atoms with E-state index in [4.69, 9.17) is 0 Å². The highest BCUT2D eigenvalue weighted by Crippen LogP contribution is 2.40. The maximum atomic E-state index is 12.8. The van der Waals surface area contributed by atoms with Crippen LogP contribution in [0.1, 0.15) is 26.7 Å². The third-order valence-electron chi connectivity index (χ3n) is 2.28. The molecule has 1 N–H and O–H groups in total. The Labute approximate surface area is 94.0 Å². The van der Waals surface area contributed by atoms with Crippen molar-refractivity contribution >= 4 is 0 Å². The first kappa shape index (κ1) is 15.0. The van der Waals surface area contributed by atoms with Crippen LogP contribution in [0, 0.1) is 0 Å². The van der Waals surface area contributed by atoms with Crippen LogP contribution in [-0.2, 0) is 0 Å². The van der Waals surface area contributed by atoms with Crippen molar-refractivity contribution in [2.24, 2.45) is 0 Å². The Hall–Kier alpha value is -1.03. The summed E-state index contributed by atoms with van der Waals surface area (Å²) >= 11 is 0. The van der Waals surface area contributed by atoms with Crippen molar-refractivity contribution in [1.29, 1.82) is 0 Å². The predicted molar refractivity (Wildman–Crippen MR) is 59.0 cm³/mol. The van der Waals surface area contributed by atoms with Crippen molar-refractivity contribution in [2.45, 2.75) is 38.5 Å². The van der Waals surface area contributed by atoms with E-state index in [0.29, 0.717) is 0 Å². The second-order valence-electron chi connectivity index (χ2n) is 3.45. The number of hydrogen-bond donors (Lipinski definition) is 1. The molecule has 0 saturated carbocycles. The number of allylic oxidation sites excluding steroid dienone is 3. The lowest BCUT2D eigenvalue weighted by atomic mass is 9.87. The average molecular weight is 234 g/mol. The van der Waals surface area contributed by atoms with E-state index in [0.717, 1.165) is 0 Å². The minimum atomic E-state index is -4.67. The molecular weight excluding hydrogens is 217 g/mol. The third-order valence-corrected chi connectivity index (χ3v) is 2.28. The fourth-order valence-corrected chi connectivity index (χ4v) is 1.46. The molecule has 0 aromatic rings. The van der Waals surface area contributed by atoms with Crippen LogP contribution in [0.2, 0.25) is 0 Å². The van der Waals surface area contributed by atoms with Gasteiger partial charge in [-0.2, -0.15) is 13.2 Å². The summed E-state index contributed by atoms with van der Waals surface area (Å²) in [5, 5.41) is 9.76. The van der Waals surface area contributed by atoms with Crippen molar-refractivity contribution < 1.29 is 18.3 Å². The van der Waals surface area contributed by atoms with Crippen molar-refractivity contribution in [3.8, 4) is 0 Å². The minimum Gasteiger partial charge on any atom is -0.376 e. The van der Waals surface area contributed by atoms with Crippen molar-refractivity contribution in [2.75, 3.05) is 0 Å². The first-order valence-electron chi connectivity index (χ1n) is 5.08. The molecule has 0 saturated heterocycles. The molecule has 16 heavy (non-hydrogen) atoms. The van der Waals surface area contributed by atoms with Crippen molar-refractivity contribution in [1.82, 2.24) is 0 Å². The van der Waals surface area contributed by atoms with Crippen LogP contribution in [0.3, 0.4) is 0 Å². The molecule has 0 spiro atoms. The second-order valence-corrected chi connectivity index (χ2v) is 3.45. The molecule has 0 fully saturated rings. The molecule has 1 unspecified atom stereocenters. The third kappa shape index (κ3) is 3.23. The van der Waals surface area contributed by atoms with Crippen LogP contribution in [0.15, 0.2) is 36.5 Å². The zero-order valence-corrected chi connectivity index (χ0v) is 9.51. The molecule has 1 nitrogen and oxygen atoms in total. The van der Waals surface area contributed by atoms with E-state index in [2.05, 4.69) is 6.58 Å². The smallest absolute Gasteiger partial charge is 0.376 e. The summed E-state index contributed by atoms with van der Waals surface area (Å²) < 4.78 is 38.4. The van der Waals surface area contributed by atoms with E-state index in [-0.39, 0.29) is 18.4 Å². The molecule has 0 heterocycles. The summed E-state index contributed by atoms with van der Waals surface area (Å²) in [4.78, 5) is 0. The topological polar surface area (TPSA) is 20.2 Å². The molecule has 0 aromatic carbocycles.